The van der Waals surface area contributed by atoms with Gasteiger partial charge in [-0.1, -0.05) is 6.07 Å². The lowest BCUT2D eigenvalue weighted by Crippen LogP contribution is -2.41. The second kappa shape index (κ2) is 4.35. The van der Waals surface area contributed by atoms with Gasteiger partial charge >= 0.3 is 5.97 Å². The highest BCUT2D eigenvalue weighted by Gasteiger charge is 2.46. The Bertz CT molecular complexity index is 722. The first-order chi connectivity index (χ1) is 10.2. The van der Waals surface area contributed by atoms with Crippen LogP contribution < -0.4 is 9.47 Å². The minimum absolute atomic E-state index is 0.189. The Labute approximate surface area is 122 Å². The summed E-state index contributed by atoms with van der Waals surface area (Å²) in [5, 5.41) is 0. The minimum atomic E-state index is -0.314. The second-order valence-corrected chi connectivity index (χ2v) is 5.67. The van der Waals surface area contributed by atoms with Crippen LogP contribution in [0, 0.1) is 0 Å². The van der Waals surface area contributed by atoms with Crippen molar-refractivity contribution in [1.29, 1.82) is 0 Å². The number of ether oxygens (including phenoxy) is 2. The first kappa shape index (κ1) is 12.4. The molecule has 0 saturated carbocycles. The van der Waals surface area contributed by atoms with Gasteiger partial charge in [0, 0.05) is 30.1 Å². The molecule has 1 aromatic heterocycles. The van der Waals surface area contributed by atoms with Crippen molar-refractivity contribution in [3.05, 3.63) is 42.0 Å². The summed E-state index contributed by atoms with van der Waals surface area (Å²) in [7, 11) is 1.61. The van der Waals surface area contributed by atoms with E-state index in [1.807, 2.05) is 24.7 Å². The SMILES string of the molecule is COc1ccc2c(c1)OC(=O)CC21CCCn2cncc21. The van der Waals surface area contributed by atoms with Crippen molar-refractivity contribution in [1.82, 2.24) is 9.55 Å². The Morgan fingerprint density at radius 2 is 2.33 bits per heavy atom. The van der Waals surface area contributed by atoms with E-state index in [1.165, 1.54) is 0 Å². The predicted octanol–water partition coefficient (Wildman–Crippen LogP) is 2.28. The Morgan fingerprint density at radius 3 is 3.19 bits per heavy atom. The van der Waals surface area contributed by atoms with E-state index in [-0.39, 0.29) is 11.4 Å². The van der Waals surface area contributed by atoms with Gasteiger partial charge in [0.25, 0.3) is 0 Å². The first-order valence-corrected chi connectivity index (χ1v) is 7.13. The predicted molar refractivity (Wildman–Crippen MR) is 75.5 cm³/mol. The van der Waals surface area contributed by atoms with Crippen molar-refractivity contribution in [3.63, 3.8) is 0 Å². The van der Waals surface area contributed by atoms with Gasteiger partial charge in [-0.25, -0.2) is 4.98 Å². The fourth-order valence-corrected chi connectivity index (χ4v) is 3.64. The highest BCUT2D eigenvalue weighted by molar-refractivity contribution is 5.79. The molecule has 5 nitrogen and oxygen atoms in total. The van der Waals surface area contributed by atoms with Crippen LogP contribution in [0.2, 0.25) is 0 Å². The maximum absolute atomic E-state index is 12.1. The third-order valence-corrected chi connectivity index (χ3v) is 4.58. The molecule has 0 aliphatic carbocycles. The fraction of sp³-hybridized carbons (Fsp3) is 0.375. The van der Waals surface area contributed by atoms with Crippen LogP contribution >= 0.6 is 0 Å². The van der Waals surface area contributed by atoms with Crippen LogP contribution in [0.3, 0.4) is 0 Å². The van der Waals surface area contributed by atoms with Crippen molar-refractivity contribution in [3.8, 4) is 11.5 Å². The van der Waals surface area contributed by atoms with Crippen molar-refractivity contribution < 1.29 is 14.3 Å². The molecule has 1 atom stereocenters. The number of imidazole rings is 1. The number of nitrogens with zero attached hydrogens (tertiary/aromatic N) is 2. The number of carbonyl (C=O) groups excluding carboxylic acids is 1. The highest BCUT2D eigenvalue weighted by atomic mass is 16.5. The topological polar surface area (TPSA) is 53.4 Å². The van der Waals surface area contributed by atoms with E-state index in [1.54, 1.807) is 13.2 Å². The summed E-state index contributed by atoms with van der Waals surface area (Å²) in [4.78, 5) is 16.4. The average Bonchev–Trinajstić information content (AvgIpc) is 2.96. The molecule has 1 spiro atoms. The summed E-state index contributed by atoms with van der Waals surface area (Å²) in [5.41, 5.74) is 1.85. The lowest BCUT2D eigenvalue weighted by Gasteiger charge is -2.41. The summed E-state index contributed by atoms with van der Waals surface area (Å²) in [6, 6.07) is 5.74. The van der Waals surface area contributed by atoms with Crippen molar-refractivity contribution >= 4 is 5.97 Å². The summed E-state index contributed by atoms with van der Waals surface area (Å²) < 4.78 is 12.8. The molecule has 1 aromatic carbocycles. The zero-order valence-corrected chi connectivity index (χ0v) is 11.8. The average molecular weight is 284 g/mol. The van der Waals surface area contributed by atoms with Gasteiger partial charge < -0.3 is 14.0 Å². The van der Waals surface area contributed by atoms with Crippen LogP contribution in [-0.2, 0) is 16.8 Å². The number of benzene rings is 1. The molecule has 3 heterocycles. The van der Waals surface area contributed by atoms with Crippen LogP contribution in [0.5, 0.6) is 11.5 Å². The van der Waals surface area contributed by atoms with E-state index in [2.05, 4.69) is 9.55 Å². The van der Waals surface area contributed by atoms with Crippen molar-refractivity contribution in [2.24, 2.45) is 0 Å². The molecule has 0 bridgehead atoms. The molecule has 2 aliphatic heterocycles. The smallest absolute Gasteiger partial charge is 0.312 e. The fourth-order valence-electron chi connectivity index (χ4n) is 3.64. The normalized spacial score (nSPS) is 23.4. The monoisotopic (exact) mass is 284 g/mol. The second-order valence-electron chi connectivity index (χ2n) is 5.67. The number of rotatable bonds is 1. The number of hydrogen-bond donors (Lipinski definition) is 0. The summed E-state index contributed by atoms with van der Waals surface area (Å²) in [6.45, 7) is 0.956. The Balaban J connectivity index is 1.95. The van der Waals surface area contributed by atoms with Gasteiger partial charge in [0.15, 0.2) is 0 Å². The maximum Gasteiger partial charge on any atom is 0.312 e. The number of methoxy groups -OCH3 is 1. The largest absolute Gasteiger partial charge is 0.497 e. The third-order valence-electron chi connectivity index (χ3n) is 4.58. The molecule has 4 rings (SSSR count). The molecular weight excluding hydrogens is 268 g/mol. The molecule has 5 heteroatoms. The number of aromatic nitrogens is 2. The van der Waals surface area contributed by atoms with E-state index in [0.717, 1.165) is 30.6 Å². The number of fused-ring (bicyclic) bond motifs is 4. The van der Waals surface area contributed by atoms with E-state index in [9.17, 15) is 4.79 Å². The maximum atomic E-state index is 12.1. The first-order valence-electron chi connectivity index (χ1n) is 7.13. The van der Waals surface area contributed by atoms with Crippen LogP contribution in [0.4, 0.5) is 0 Å². The Hall–Kier alpha value is -2.30. The van der Waals surface area contributed by atoms with Crippen LogP contribution in [0.15, 0.2) is 30.7 Å². The molecule has 0 fully saturated rings. The standard InChI is InChI=1S/C16H16N2O3/c1-20-11-3-4-12-13(7-11)21-15(19)8-16(12)5-2-6-18-10-17-9-14(16)18/h3-4,7,9-10H,2,5-6,8H2,1H3. The molecule has 0 amide bonds. The molecule has 0 saturated heterocycles. The Kier molecular flexibility index (Phi) is 2.58. The van der Waals surface area contributed by atoms with E-state index in [4.69, 9.17) is 9.47 Å². The zero-order valence-electron chi connectivity index (χ0n) is 11.8. The van der Waals surface area contributed by atoms with Gasteiger partial charge in [0.1, 0.15) is 11.5 Å². The zero-order chi connectivity index (χ0) is 14.4. The summed E-state index contributed by atoms with van der Waals surface area (Å²) in [6.07, 6.45) is 6.07. The quantitative estimate of drug-likeness (QED) is 0.595. The Morgan fingerprint density at radius 1 is 1.43 bits per heavy atom. The molecule has 0 radical (unpaired) electrons. The molecule has 1 unspecified atom stereocenters. The molecule has 108 valence electrons. The van der Waals surface area contributed by atoms with E-state index in [0.29, 0.717) is 17.9 Å². The van der Waals surface area contributed by atoms with Gasteiger partial charge in [-0.05, 0) is 18.9 Å². The van der Waals surface area contributed by atoms with Crippen LogP contribution in [-0.4, -0.2) is 22.6 Å². The van der Waals surface area contributed by atoms with E-state index >= 15 is 0 Å². The lowest BCUT2D eigenvalue weighted by atomic mass is 9.69. The number of aryl methyl sites for hydroxylation is 1. The molecule has 0 N–H and O–H groups in total. The van der Waals surface area contributed by atoms with Crippen molar-refractivity contribution in [2.75, 3.05) is 7.11 Å². The molecule has 2 aromatic rings. The lowest BCUT2D eigenvalue weighted by molar-refractivity contribution is -0.137. The number of carbonyl (C=O) groups is 1. The van der Waals surface area contributed by atoms with Crippen molar-refractivity contribution in [2.45, 2.75) is 31.2 Å². The van der Waals surface area contributed by atoms with Gasteiger partial charge in [0.2, 0.25) is 0 Å². The number of esters is 1. The third kappa shape index (κ3) is 1.70. The van der Waals surface area contributed by atoms with Crippen LogP contribution in [0.1, 0.15) is 30.5 Å². The highest BCUT2D eigenvalue weighted by Crippen LogP contribution is 2.49. The summed E-state index contributed by atoms with van der Waals surface area (Å²) in [5.74, 6) is 1.12. The summed E-state index contributed by atoms with van der Waals surface area (Å²) >= 11 is 0. The van der Waals surface area contributed by atoms with Gasteiger partial charge in [-0.15, -0.1) is 0 Å². The number of hydrogen-bond acceptors (Lipinski definition) is 4. The van der Waals surface area contributed by atoms with Gasteiger partial charge in [0.05, 0.1) is 25.3 Å². The molecular formula is C16H16N2O3. The minimum Gasteiger partial charge on any atom is -0.497 e. The molecule has 21 heavy (non-hydrogen) atoms. The van der Waals surface area contributed by atoms with Gasteiger partial charge in [-0.3, -0.25) is 4.79 Å². The molecule has 2 aliphatic rings. The van der Waals surface area contributed by atoms with E-state index < -0.39 is 0 Å². The van der Waals surface area contributed by atoms with Crippen LogP contribution in [0.25, 0.3) is 0 Å². The van der Waals surface area contributed by atoms with Gasteiger partial charge in [-0.2, -0.15) is 0 Å².